The molecule has 26 heavy (non-hydrogen) atoms. The van der Waals surface area contributed by atoms with Crippen molar-refractivity contribution in [3.05, 3.63) is 59.3 Å². The zero-order valence-electron chi connectivity index (χ0n) is 14.8. The molecule has 0 spiro atoms. The number of rotatable bonds is 6. The number of nitrogens with one attached hydrogen (secondary N) is 1. The summed E-state index contributed by atoms with van der Waals surface area (Å²) < 4.78 is 15.1. The molecule has 2 aromatic carbocycles. The Morgan fingerprint density at radius 2 is 1.58 bits per heavy atom. The fourth-order valence-electron chi connectivity index (χ4n) is 2.84. The summed E-state index contributed by atoms with van der Waals surface area (Å²) in [6, 6.07) is 12.2. The van der Waals surface area contributed by atoms with Crippen LogP contribution in [-0.4, -0.2) is 38.1 Å². The first kappa shape index (κ1) is 17.5. The number of fused-ring (bicyclic) bond motifs is 1. The number of ketones is 1. The molecule has 0 aliphatic carbocycles. The maximum Gasteiger partial charge on any atom is 0.310 e. The average Bonchev–Trinajstić information content (AvgIpc) is 3.04. The number of esters is 1. The van der Waals surface area contributed by atoms with E-state index in [9.17, 15) is 9.59 Å². The highest BCUT2D eigenvalue weighted by Gasteiger charge is 2.21. The number of methoxy groups -OCH3 is 3. The van der Waals surface area contributed by atoms with Gasteiger partial charge in [-0.1, -0.05) is 0 Å². The summed E-state index contributed by atoms with van der Waals surface area (Å²) in [5.41, 5.74) is 2.19. The quantitative estimate of drug-likeness (QED) is 0.544. The van der Waals surface area contributed by atoms with E-state index in [1.165, 1.54) is 7.11 Å². The molecule has 3 rings (SSSR count). The van der Waals surface area contributed by atoms with Gasteiger partial charge in [-0.25, -0.2) is 0 Å². The number of hydrogen-bond donors (Lipinski definition) is 1. The van der Waals surface area contributed by atoms with Crippen LogP contribution in [-0.2, 0) is 16.0 Å². The van der Waals surface area contributed by atoms with Crippen molar-refractivity contribution in [2.45, 2.75) is 6.42 Å². The van der Waals surface area contributed by atoms with E-state index in [-0.39, 0.29) is 12.2 Å². The molecule has 134 valence electrons. The summed E-state index contributed by atoms with van der Waals surface area (Å²) in [6.45, 7) is 0. The van der Waals surface area contributed by atoms with Gasteiger partial charge in [0.2, 0.25) is 5.78 Å². The molecule has 0 atom stereocenters. The first-order valence-corrected chi connectivity index (χ1v) is 8.01. The van der Waals surface area contributed by atoms with Crippen LogP contribution in [0.25, 0.3) is 10.9 Å². The third-order valence-electron chi connectivity index (χ3n) is 4.24. The monoisotopic (exact) mass is 353 g/mol. The average molecular weight is 353 g/mol. The highest BCUT2D eigenvalue weighted by Crippen LogP contribution is 2.28. The minimum atomic E-state index is -0.412. The maximum absolute atomic E-state index is 13.0. The normalized spacial score (nSPS) is 10.6. The number of ether oxygens (including phenoxy) is 3. The second-order valence-electron chi connectivity index (χ2n) is 5.70. The molecule has 0 saturated carbocycles. The summed E-state index contributed by atoms with van der Waals surface area (Å²) in [4.78, 5) is 28.0. The molecule has 1 heterocycles. The van der Waals surface area contributed by atoms with E-state index >= 15 is 0 Å². The van der Waals surface area contributed by atoms with Gasteiger partial charge >= 0.3 is 5.97 Å². The maximum atomic E-state index is 13.0. The number of aromatic nitrogens is 1. The number of benzene rings is 2. The van der Waals surface area contributed by atoms with Crippen molar-refractivity contribution < 1.29 is 23.8 Å². The second-order valence-corrected chi connectivity index (χ2v) is 5.70. The molecule has 0 radical (unpaired) electrons. The Bertz CT molecular complexity index is 956. The molecule has 0 bridgehead atoms. The lowest BCUT2D eigenvalue weighted by Crippen LogP contribution is -2.10. The van der Waals surface area contributed by atoms with Gasteiger partial charge in [-0.05, 0) is 36.4 Å². The zero-order chi connectivity index (χ0) is 18.7. The van der Waals surface area contributed by atoms with E-state index in [4.69, 9.17) is 14.2 Å². The van der Waals surface area contributed by atoms with Crippen molar-refractivity contribution in [3.8, 4) is 11.5 Å². The van der Waals surface area contributed by atoms with E-state index in [1.54, 1.807) is 50.6 Å². The molecule has 0 saturated heterocycles. The highest BCUT2D eigenvalue weighted by atomic mass is 16.5. The zero-order valence-corrected chi connectivity index (χ0v) is 14.8. The van der Waals surface area contributed by atoms with Crippen molar-refractivity contribution in [1.29, 1.82) is 0 Å². The van der Waals surface area contributed by atoms with Gasteiger partial charge in [-0.2, -0.15) is 0 Å². The summed E-state index contributed by atoms with van der Waals surface area (Å²) in [5, 5.41) is 0.785. The molecular weight excluding hydrogens is 334 g/mol. The first-order valence-electron chi connectivity index (χ1n) is 8.01. The lowest BCUT2D eigenvalue weighted by molar-refractivity contribution is -0.139. The van der Waals surface area contributed by atoms with Crippen molar-refractivity contribution in [3.63, 3.8) is 0 Å². The molecule has 1 N–H and O–H groups in total. The predicted molar refractivity (Wildman–Crippen MR) is 97.0 cm³/mol. The van der Waals surface area contributed by atoms with E-state index < -0.39 is 5.97 Å². The fraction of sp³-hybridized carbons (Fsp3) is 0.200. The van der Waals surface area contributed by atoms with E-state index in [1.807, 2.05) is 6.07 Å². The molecule has 0 aliphatic rings. The largest absolute Gasteiger partial charge is 0.497 e. The van der Waals surface area contributed by atoms with Crippen molar-refractivity contribution in [2.75, 3.05) is 21.3 Å². The third-order valence-corrected chi connectivity index (χ3v) is 4.24. The molecule has 6 heteroatoms. The van der Waals surface area contributed by atoms with E-state index in [2.05, 4.69) is 4.98 Å². The second kappa shape index (κ2) is 7.31. The third kappa shape index (κ3) is 3.26. The van der Waals surface area contributed by atoms with Crippen molar-refractivity contribution >= 4 is 22.7 Å². The van der Waals surface area contributed by atoms with Crippen LogP contribution in [0.3, 0.4) is 0 Å². The van der Waals surface area contributed by atoms with Gasteiger partial charge in [-0.15, -0.1) is 0 Å². The number of H-pyrrole nitrogens is 1. The molecule has 0 aliphatic heterocycles. The molecule has 6 nitrogen and oxygen atoms in total. The molecule has 3 aromatic rings. The SMILES string of the molecule is COC(=O)Cc1c(C(=O)c2ccc(OC)cc2)[nH]c2cc(OC)ccc12. The summed E-state index contributed by atoms with van der Waals surface area (Å²) >= 11 is 0. The van der Waals surface area contributed by atoms with Crippen LogP contribution in [0.15, 0.2) is 42.5 Å². The van der Waals surface area contributed by atoms with Crippen LogP contribution in [0.4, 0.5) is 0 Å². The Labute approximate surface area is 150 Å². The van der Waals surface area contributed by atoms with Crippen LogP contribution < -0.4 is 9.47 Å². The van der Waals surface area contributed by atoms with Crippen LogP contribution in [0.5, 0.6) is 11.5 Å². The standard InChI is InChI=1S/C20H19NO5/c1-24-13-6-4-12(5-7-13)20(23)19-16(11-18(22)26-3)15-9-8-14(25-2)10-17(15)21-19/h4-10,21H,11H2,1-3H3. The summed E-state index contributed by atoms with van der Waals surface area (Å²) in [5.74, 6) is 0.705. The van der Waals surface area contributed by atoms with Gasteiger partial charge in [-0.3, -0.25) is 9.59 Å². The first-order chi connectivity index (χ1) is 12.6. The van der Waals surface area contributed by atoms with Gasteiger partial charge in [0.15, 0.2) is 0 Å². The van der Waals surface area contributed by atoms with Gasteiger partial charge in [0.25, 0.3) is 0 Å². The Hall–Kier alpha value is -3.28. The van der Waals surface area contributed by atoms with Crippen LogP contribution in [0.1, 0.15) is 21.6 Å². The number of carbonyl (C=O) groups is 2. The Morgan fingerprint density at radius 1 is 0.923 bits per heavy atom. The lowest BCUT2D eigenvalue weighted by Gasteiger charge is -2.05. The van der Waals surface area contributed by atoms with Gasteiger partial charge in [0, 0.05) is 28.1 Å². The highest BCUT2D eigenvalue weighted by molar-refractivity contribution is 6.12. The molecule has 0 fully saturated rings. The minimum absolute atomic E-state index is 0.0000564. The molecule has 0 amide bonds. The fourth-order valence-corrected chi connectivity index (χ4v) is 2.84. The Morgan fingerprint density at radius 3 is 2.19 bits per heavy atom. The van der Waals surface area contributed by atoms with Crippen LogP contribution in [0.2, 0.25) is 0 Å². The van der Waals surface area contributed by atoms with Crippen LogP contribution >= 0.6 is 0 Å². The van der Waals surface area contributed by atoms with Gasteiger partial charge < -0.3 is 19.2 Å². The Balaban J connectivity index is 2.10. The summed E-state index contributed by atoms with van der Waals surface area (Å²) in [6.07, 6.45) is 0.0000564. The topological polar surface area (TPSA) is 77.6 Å². The smallest absolute Gasteiger partial charge is 0.310 e. The Kier molecular flexibility index (Phi) is 4.93. The lowest BCUT2D eigenvalue weighted by atomic mass is 10.0. The molecule has 1 aromatic heterocycles. The van der Waals surface area contributed by atoms with E-state index in [0.29, 0.717) is 28.3 Å². The minimum Gasteiger partial charge on any atom is -0.497 e. The number of carbonyl (C=O) groups excluding carboxylic acids is 2. The summed E-state index contributed by atoms with van der Waals surface area (Å²) in [7, 11) is 4.46. The van der Waals surface area contributed by atoms with Crippen molar-refractivity contribution in [1.82, 2.24) is 4.98 Å². The molecule has 0 unspecified atom stereocenters. The predicted octanol–water partition coefficient (Wildman–Crippen LogP) is 3.13. The van der Waals surface area contributed by atoms with Crippen LogP contribution in [0, 0.1) is 0 Å². The molecular formula is C20H19NO5. The van der Waals surface area contributed by atoms with Gasteiger partial charge in [0.1, 0.15) is 11.5 Å². The number of aromatic amines is 1. The number of hydrogen-bond acceptors (Lipinski definition) is 5. The van der Waals surface area contributed by atoms with E-state index in [0.717, 1.165) is 10.9 Å². The van der Waals surface area contributed by atoms with Crippen molar-refractivity contribution in [2.24, 2.45) is 0 Å². The van der Waals surface area contributed by atoms with Gasteiger partial charge in [0.05, 0.1) is 33.4 Å².